The van der Waals surface area contributed by atoms with E-state index < -0.39 is 0 Å². The monoisotopic (exact) mass is 179 g/mol. The lowest BCUT2D eigenvalue weighted by Crippen LogP contribution is -2.09. The molecule has 0 heterocycles. The van der Waals surface area contributed by atoms with Crippen LogP contribution in [0.15, 0.2) is 23.9 Å². The fourth-order valence-corrected chi connectivity index (χ4v) is 1.47. The van der Waals surface area contributed by atoms with Crippen LogP contribution in [0.2, 0.25) is 0 Å². The number of hydrogen-bond acceptors (Lipinski definition) is 1. The Balaban J connectivity index is 2.44. The van der Waals surface area contributed by atoms with E-state index in [0.717, 1.165) is 18.5 Å². The summed E-state index contributed by atoms with van der Waals surface area (Å²) in [6.45, 7) is 6.70. The van der Waals surface area contributed by atoms with Crippen molar-refractivity contribution in [1.29, 1.82) is 0 Å². The van der Waals surface area contributed by atoms with Gasteiger partial charge in [-0.25, -0.2) is 0 Å². The summed E-state index contributed by atoms with van der Waals surface area (Å²) in [4.78, 5) is 0. The van der Waals surface area contributed by atoms with E-state index in [1.807, 2.05) is 0 Å². The van der Waals surface area contributed by atoms with Gasteiger partial charge in [0, 0.05) is 5.70 Å². The lowest BCUT2D eigenvalue weighted by atomic mass is 9.88. The van der Waals surface area contributed by atoms with Gasteiger partial charge in [0.05, 0.1) is 0 Å². The molecular formula is C12H21N. The highest BCUT2D eigenvalue weighted by Gasteiger charge is 2.11. The van der Waals surface area contributed by atoms with Crippen LogP contribution in [0.4, 0.5) is 0 Å². The van der Waals surface area contributed by atoms with E-state index in [-0.39, 0.29) is 0 Å². The van der Waals surface area contributed by atoms with E-state index >= 15 is 0 Å². The second kappa shape index (κ2) is 3.99. The quantitative estimate of drug-likeness (QED) is 0.614. The Morgan fingerprint density at radius 3 is 2.62 bits per heavy atom. The summed E-state index contributed by atoms with van der Waals surface area (Å²) in [5.74, 6) is 0.714. The zero-order valence-electron chi connectivity index (χ0n) is 9.01. The first kappa shape index (κ1) is 10.4. The minimum Gasteiger partial charge on any atom is -0.402 e. The highest BCUT2D eigenvalue weighted by molar-refractivity contribution is 5.07. The predicted octanol–water partition coefficient (Wildman–Crippen LogP) is 3.23. The SMILES string of the molecule is CC(C)(C)/C=C/[C@@H]1CC=C(N)CC1. The molecule has 0 bridgehead atoms. The Bertz CT molecular complexity index is 218. The molecule has 1 atom stereocenters. The van der Waals surface area contributed by atoms with Crippen LogP contribution in [0.3, 0.4) is 0 Å². The number of nitrogens with two attached hydrogens (primary N) is 1. The molecule has 1 aliphatic carbocycles. The maximum Gasteiger partial charge on any atom is 0.00404 e. The van der Waals surface area contributed by atoms with Crippen molar-refractivity contribution in [3.63, 3.8) is 0 Å². The van der Waals surface area contributed by atoms with Crippen molar-refractivity contribution in [3.05, 3.63) is 23.9 Å². The zero-order chi connectivity index (χ0) is 9.90. The van der Waals surface area contributed by atoms with Gasteiger partial charge in [-0.2, -0.15) is 0 Å². The molecule has 74 valence electrons. The van der Waals surface area contributed by atoms with E-state index in [4.69, 9.17) is 5.73 Å². The van der Waals surface area contributed by atoms with Gasteiger partial charge in [0.2, 0.25) is 0 Å². The van der Waals surface area contributed by atoms with Gasteiger partial charge in [-0.15, -0.1) is 0 Å². The summed E-state index contributed by atoms with van der Waals surface area (Å²) >= 11 is 0. The van der Waals surface area contributed by atoms with Gasteiger partial charge in [-0.1, -0.05) is 39.0 Å². The third-order valence-electron chi connectivity index (χ3n) is 2.35. The van der Waals surface area contributed by atoms with Crippen molar-refractivity contribution in [1.82, 2.24) is 0 Å². The van der Waals surface area contributed by atoms with Gasteiger partial charge in [0.1, 0.15) is 0 Å². The minimum atomic E-state index is 0.312. The molecule has 0 aromatic rings. The van der Waals surface area contributed by atoms with E-state index in [2.05, 4.69) is 39.0 Å². The standard InChI is InChI=1S/C12H21N/c1-12(2,3)9-8-10-4-6-11(13)7-5-10/h6,8-10H,4-5,7,13H2,1-3H3/b9-8+/t10-/m1/s1. The first-order valence-corrected chi connectivity index (χ1v) is 5.11. The zero-order valence-corrected chi connectivity index (χ0v) is 9.01. The summed E-state index contributed by atoms with van der Waals surface area (Å²) in [7, 11) is 0. The Labute approximate surface area is 81.7 Å². The second-order valence-electron chi connectivity index (χ2n) is 5.04. The van der Waals surface area contributed by atoms with Gasteiger partial charge in [0.15, 0.2) is 0 Å². The molecule has 0 aromatic carbocycles. The molecule has 0 fully saturated rings. The molecular weight excluding hydrogens is 158 g/mol. The molecule has 0 aromatic heterocycles. The topological polar surface area (TPSA) is 26.0 Å². The molecule has 2 N–H and O–H groups in total. The molecule has 0 amide bonds. The number of allylic oxidation sites excluding steroid dienone is 4. The van der Waals surface area contributed by atoms with Crippen LogP contribution in [0, 0.1) is 11.3 Å². The minimum absolute atomic E-state index is 0.312. The Kier molecular flexibility index (Phi) is 3.18. The van der Waals surface area contributed by atoms with Crippen LogP contribution in [0.25, 0.3) is 0 Å². The van der Waals surface area contributed by atoms with Crippen LogP contribution in [0.5, 0.6) is 0 Å². The summed E-state index contributed by atoms with van der Waals surface area (Å²) in [5.41, 5.74) is 7.10. The van der Waals surface area contributed by atoms with Crippen molar-refractivity contribution in [2.24, 2.45) is 17.1 Å². The first-order valence-electron chi connectivity index (χ1n) is 5.11. The Morgan fingerprint density at radius 1 is 1.46 bits per heavy atom. The molecule has 0 unspecified atom stereocenters. The highest BCUT2D eigenvalue weighted by atomic mass is 14.6. The third-order valence-corrected chi connectivity index (χ3v) is 2.35. The summed E-state index contributed by atoms with van der Waals surface area (Å²) in [5, 5.41) is 0. The lowest BCUT2D eigenvalue weighted by molar-refractivity contribution is 0.518. The molecule has 1 rings (SSSR count). The van der Waals surface area contributed by atoms with Crippen molar-refractivity contribution >= 4 is 0 Å². The van der Waals surface area contributed by atoms with E-state index in [0.29, 0.717) is 11.3 Å². The molecule has 0 spiro atoms. The number of hydrogen-bond donors (Lipinski definition) is 1. The van der Waals surface area contributed by atoms with Gasteiger partial charge in [0.25, 0.3) is 0 Å². The van der Waals surface area contributed by atoms with Crippen molar-refractivity contribution in [2.75, 3.05) is 0 Å². The maximum atomic E-state index is 5.72. The fraction of sp³-hybridized carbons (Fsp3) is 0.667. The molecule has 1 nitrogen and oxygen atoms in total. The Morgan fingerprint density at radius 2 is 2.15 bits per heavy atom. The van der Waals surface area contributed by atoms with E-state index in [9.17, 15) is 0 Å². The lowest BCUT2D eigenvalue weighted by Gasteiger charge is -2.19. The third kappa shape index (κ3) is 4.16. The summed E-state index contributed by atoms with van der Waals surface area (Å²) in [6.07, 6.45) is 10.2. The van der Waals surface area contributed by atoms with E-state index in [1.165, 1.54) is 6.42 Å². The van der Waals surface area contributed by atoms with Gasteiger partial charge in [-0.05, 0) is 30.6 Å². The summed E-state index contributed by atoms with van der Waals surface area (Å²) < 4.78 is 0. The van der Waals surface area contributed by atoms with Crippen molar-refractivity contribution in [2.45, 2.75) is 40.0 Å². The normalized spacial score (nSPS) is 24.8. The van der Waals surface area contributed by atoms with Crippen LogP contribution < -0.4 is 5.73 Å². The molecule has 0 radical (unpaired) electrons. The molecule has 13 heavy (non-hydrogen) atoms. The van der Waals surface area contributed by atoms with Crippen LogP contribution in [0.1, 0.15) is 40.0 Å². The van der Waals surface area contributed by atoms with Gasteiger partial charge in [-0.3, -0.25) is 0 Å². The molecule has 0 aliphatic heterocycles. The van der Waals surface area contributed by atoms with Crippen LogP contribution in [-0.2, 0) is 0 Å². The predicted molar refractivity (Wildman–Crippen MR) is 58.2 cm³/mol. The average molecular weight is 179 g/mol. The number of rotatable bonds is 1. The van der Waals surface area contributed by atoms with E-state index in [1.54, 1.807) is 0 Å². The van der Waals surface area contributed by atoms with Crippen LogP contribution in [-0.4, -0.2) is 0 Å². The summed E-state index contributed by atoms with van der Waals surface area (Å²) in [6, 6.07) is 0. The second-order valence-corrected chi connectivity index (χ2v) is 5.04. The molecule has 0 saturated heterocycles. The molecule has 1 heteroatoms. The van der Waals surface area contributed by atoms with Crippen molar-refractivity contribution in [3.8, 4) is 0 Å². The van der Waals surface area contributed by atoms with Gasteiger partial charge < -0.3 is 5.73 Å². The maximum absolute atomic E-state index is 5.72. The fourth-order valence-electron chi connectivity index (χ4n) is 1.47. The molecule has 0 saturated carbocycles. The van der Waals surface area contributed by atoms with Crippen LogP contribution >= 0.6 is 0 Å². The first-order chi connectivity index (χ1) is 5.97. The largest absolute Gasteiger partial charge is 0.402 e. The molecule has 1 aliphatic rings. The smallest absolute Gasteiger partial charge is 0.00404 e. The van der Waals surface area contributed by atoms with Gasteiger partial charge >= 0.3 is 0 Å². The average Bonchev–Trinajstić information content (AvgIpc) is 2.02. The Hall–Kier alpha value is -0.720. The van der Waals surface area contributed by atoms with Crippen molar-refractivity contribution < 1.29 is 0 Å². The highest BCUT2D eigenvalue weighted by Crippen LogP contribution is 2.24.